The van der Waals surface area contributed by atoms with Crippen LogP contribution in [-0.2, 0) is 0 Å². The Kier molecular flexibility index (Phi) is 2.28. The Balaban J connectivity index is 1.76. The van der Waals surface area contributed by atoms with Crippen LogP contribution in [0.4, 0.5) is 5.69 Å². The number of carbonyl (C=O) groups is 1. The zero-order valence-corrected chi connectivity index (χ0v) is 11.5. The minimum atomic E-state index is -1.21. The highest BCUT2D eigenvalue weighted by molar-refractivity contribution is 5.93. The van der Waals surface area contributed by atoms with E-state index in [0.717, 1.165) is 18.8 Å². The van der Waals surface area contributed by atoms with Crippen LogP contribution in [0, 0.1) is 0 Å². The van der Waals surface area contributed by atoms with Crippen molar-refractivity contribution < 1.29 is 9.90 Å². The van der Waals surface area contributed by atoms with Crippen molar-refractivity contribution >= 4 is 22.6 Å². The molecule has 0 bridgehead atoms. The molecule has 21 heavy (non-hydrogen) atoms. The predicted molar refractivity (Wildman–Crippen MR) is 79.1 cm³/mol. The smallest absolute Gasteiger partial charge is 0.341 e. The molecule has 2 fully saturated rings. The predicted octanol–water partition coefficient (Wildman–Crippen LogP) is 0.777. The summed E-state index contributed by atoms with van der Waals surface area (Å²) in [7, 11) is 0. The van der Waals surface area contributed by atoms with Gasteiger partial charge in [-0.25, -0.2) is 4.79 Å². The third kappa shape index (κ3) is 1.76. The van der Waals surface area contributed by atoms with Gasteiger partial charge in [0.2, 0.25) is 5.43 Å². The molecule has 2 saturated heterocycles. The summed E-state index contributed by atoms with van der Waals surface area (Å²) in [6.07, 6.45) is 1.26. The Morgan fingerprint density at radius 3 is 2.95 bits per heavy atom. The number of H-pyrrole nitrogens is 1. The number of pyridine rings is 1. The third-order valence-electron chi connectivity index (χ3n) is 4.57. The van der Waals surface area contributed by atoms with Crippen molar-refractivity contribution in [3.05, 3.63) is 40.2 Å². The van der Waals surface area contributed by atoms with Crippen molar-refractivity contribution in [3.8, 4) is 0 Å². The summed E-state index contributed by atoms with van der Waals surface area (Å²) in [6, 6.07) is 6.05. The van der Waals surface area contributed by atoms with E-state index in [0.29, 0.717) is 16.9 Å². The van der Waals surface area contributed by atoms with Crippen LogP contribution < -0.4 is 15.6 Å². The van der Waals surface area contributed by atoms with Gasteiger partial charge >= 0.3 is 5.97 Å². The average molecular weight is 285 g/mol. The van der Waals surface area contributed by atoms with E-state index in [1.54, 1.807) is 6.07 Å². The zero-order chi connectivity index (χ0) is 14.8. The maximum Gasteiger partial charge on any atom is 0.341 e. The Morgan fingerprint density at radius 2 is 2.29 bits per heavy atom. The molecular weight excluding hydrogens is 270 g/mol. The van der Waals surface area contributed by atoms with Crippen LogP contribution in [-0.4, -0.2) is 40.7 Å². The van der Waals surface area contributed by atoms with Gasteiger partial charge in [0, 0.05) is 36.4 Å². The van der Waals surface area contributed by atoms with Crippen molar-refractivity contribution in [2.75, 3.05) is 18.0 Å². The van der Waals surface area contributed by atoms with E-state index < -0.39 is 11.4 Å². The van der Waals surface area contributed by atoms with Crippen molar-refractivity contribution in [1.29, 1.82) is 0 Å². The van der Waals surface area contributed by atoms with Crippen LogP contribution >= 0.6 is 0 Å². The maximum atomic E-state index is 12.1. The molecule has 4 rings (SSSR count). The summed E-state index contributed by atoms with van der Waals surface area (Å²) in [5.41, 5.74) is 1.27. The van der Waals surface area contributed by atoms with Crippen LogP contribution in [0.25, 0.3) is 10.9 Å². The van der Waals surface area contributed by atoms with E-state index >= 15 is 0 Å². The highest BCUT2D eigenvalue weighted by Crippen LogP contribution is 2.37. The molecule has 2 aliphatic heterocycles. The van der Waals surface area contributed by atoms with Crippen molar-refractivity contribution in [1.82, 2.24) is 10.3 Å². The van der Waals surface area contributed by atoms with Gasteiger partial charge in [0.05, 0.1) is 11.1 Å². The molecule has 2 atom stereocenters. The van der Waals surface area contributed by atoms with E-state index in [1.807, 2.05) is 12.1 Å². The van der Waals surface area contributed by atoms with Crippen LogP contribution in [0.3, 0.4) is 0 Å². The maximum absolute atomic E-state index is 12.1. The van der Waals surface area contributed by atoms with E-state index in [2.05, 4.69) is 22.1 Å². The minimum Gasteiger partial charge on any atom is -0.477 e. The summed E-state index contributed by atoms with van der Waals surface area (Å²) >= 11 is 0. The van der Waals surface area contributed by atoms with Gasteiger partial charge in [0.15, 0.2) is 0 Å². The van der Waals surface area contributed by atoms with E-state index in [9.17, 15) is 9.59 Å². The number of nitrogens with zero attached hydrogens (tertiary/aromatic N) is 1. The molecule has 3 N–H and O–H groups in total. The molecule has 3 heterocycles. The average Bonchev–Trinajstić information content (AvgIpc) is 2.96. The first-order valence-corrected chi connectivity index (χ1v) is 6.89. The number of piperazine rings is 1. The molecule has 1 aromatic carbocycles. The second kappa shape index (κ2) is 3.85. The largest absolute Gasteiger partial charge is 0.477 e. The molecule has 0 amide bonds. The second-order valence-corrected chi connectivity index (χ2v) is 6.06. The number of fused-ring (bicyclic) bond motifs is 2. The molecule has 0 radical (unpaired) electrons. The van der Waals surface area contributed by atoms with Crippen LogP contribution in [0.15, 0.2) is 29.2 Å². The number of nitrogens with one attached hydrogen (secondary N) is 2. The van der Waals surface area contributed by atoms with Crippen molar-refractivity contribution in [3.63, 3.8) is 0 Å². The number of benzene rings is 1. The number of carboxylic acids is 1. The molecule has 0 spiro atoms. The van der Waals surface area contributed by atoms with Crippen molar-refractivity contribution in [2.24, 2.45) is 0 Å². The second-order valence-electron chi connectivity index (χ2n) is 6.06. The molecule has 0 aliphatic carbocycles. The summed E-state index contributed by atoms with van der Waals surface area (Å²) < 4.78 is 0. The molecule has 1 aromatic heterocycles. The molecule has 0 saturated carbocycles. The quantitative estimate of drug-likeness (QED) is 0.709. The van der Waals surface area contributed by atoms with Gasteiger partial charge in [0.25, 0.3) is 0 Å². The Hall–Kier alpha value is -2.34. The lowest BCUT2D eigenvalue weighted by Gasteiger charge is -2.22. The normalized spacial score (nSPS) is 26.9. The summed E-state index contributed by atoms with van der Waals surface area (Å²) in [5.74, 6) is -1.21. The van der Waals surface area contributed by atoms with Crippen LogP contribution in [0.1, 0.15) is 17.3 Å². The van der Waals surface area contributed by atoms with Gasteiger partial charge in [-0.2, -0.15) is 0 Å². The first-order valence-electron chi connectivity index (χ1n) is 6.89. The number of hydrogen-bond acceptors (Lipinski definition) is 4. The van der Waals surface area contributed by atoms with Gasteiger partial charge < -0.3 is 20.3 Å². The topological polar surface area (TPSA) is 95.3 Å². The lowest BCUT2D eigenvalue weighted by molar-refractivity contribution is 0.0695. The van der Waals surface area contributed by atoms with Crippen LogP contribution in [0.5, 0.6) is 0 Å². The molecule has 2 aliphatic rings. The first-order chi connectivity index (χ1) is 9.98. The van der Waals surface area contributed by atoms with Gasteiger partial charge in [-0.3, -0.25) is 4.79 Å². The lowest BCUT2D eigenvalue weighted by Crippen LogP contribution is -2.30. The van der Waals surface area contributed by atoms with Gasteiger partial charge in [-0.1, -0.05) is 0 Å². The Bertz CT molecular complexity index is 829. The highest BCUT2D eigenvalue weighted by atomic mass is 16.4. The fourth-order valence-corrected chi connectivity index (χ4v) is 3.20. The number of aromatic nitrogens is 1. The number of aromatic carboxylic acids is 1. The lowest BCUT2D eigenvalue weighted by atomic mass is 10.1. The zero-order valence-electron chi connectivity index (χ0n) is 11.5. The number of aromatic amines is 1. The van der Waals surface area contributed by atoms with Gasteiger partial charge in [-0.05, 0) is 25.1 Å². The molecule has 2 aromatic rings. The molecule has 2 unspecified atom stereocenters. The van der Waals surface area contributed by atoms with E-state index in [-0.39, 0.29) is 11.1 Å². The van der Waals surface area contributed by atoms with Crippen LogP contribution in [0.2, 0.25) is 0 Å². The number of anilines is 1. The highest BCUT2D eigenvalue weighted by Gasteiger charge is 2.56. The summed E-state index contributed by atoms with van der Waals surface area (Å²) in [5, 5.41) is 12.8. The summed E-state index contributed by atoms with van der Waals surface area (Å²) in [4.78, 5) is 28.3. The SMILES string of the molecule is CC12CN(c3ccc4c(=O)c(C(=O)O)c[nH]c4c3)CC1N2. The number of hydrogen-bond donors (Lipinski definition) is 3. The fraction of sp³-hybridized carbons (Fsp3) is 0.333. The molecule has 6 nitrogen and oxygen atoms in total. The third-order valence-corrected chi connectivity index (χ3v) is 4.57. The number of rotatable bonds is 2. The fourth-order valence-electron chi connectivity index (χ4n) is 3.20. The molecule has 108 valence electrons. The van der Waals surface area contributed by atoms with E-state index in [4.69, 9.17) is 5.11 Å². The number of carboxylic acid groups (broad SMARTS) is 1. The van der Waals surface area contributed by atoms with E-state index in [1.165, 1.54) is 6.20 Å². The first kappa shape index (κ1) is 12.4. The molecule has 6 heteroatoms. The minimum absolute atomic E-state index is 0.218. The van der Waals surface area contributed by atoms with Gasteiger partial charge in [-0.15, -0.1) is 0 Å². The standard InChI is InChI=1S/C15H15N3O3/c1-15-7-18(6-12(15)17-15)8-2-3-9-11(4-8)16-5-10(13(9)19)14(20)21/h2-5,12,17H,6-7H2,1H3,(H,16,19)(H,20,21). The molecular formula is C15H15N3O3. The van der Waals surface area contributed by atoms with Gasteiger partial charge in [0.1, 0.15) is 5.56 Å². The van der Waals surface area contributed by atoms with Crippen molar-refractivity contribution in [2.45, 2.75) is 18.5 Å². The monoisotopic (exact) mass is 285 g/mol. The Labute approximate surface area is 120 Å². The summed E-state index contributed by atoms with van der Waals surface area (Å²) in [6.45, 7) is 4.11. The Morgan fingerprint density at radius 1 is 1.48 bits per heavy atom.